The van der Waals surface area contributed by atoms with Crippen LogP contribution in [0.4, 0.5) is 11.4 Å². The zero-order chi connectivity index (χ0) is 15.8. The minimum atomic E-state index is -0.435. The number of anilines is 1. The number of ether oxygens (including phenoxy) is 2. The summed E-state index contributed by atoms with van der Waals surface area (Å²) in [6, 6.07) is 4.64. The number of nitro benzene ring substituents is 1. The maximum atomic E-state index is 10.9. The van der Waals surface area contributed by atoms with Crippen molar-refractivity contribution >= 4 is 11.4 Å². The van der Waals surface area contributed by atoms with E-state index in [1.165, 1.54) is 12.1 Å². The lowest BCUT2D eigenvalue weighted by molar-refractivity contribution is -0.384. The molecule has 0 aliphatic heterocycles. The molecular weight excluding hydrogens is 272 g/mol. The Hall–Kier alpha value is -2.08. The number of hydrogen-bond acceptors (Lipinski definition) is 5. The molecule has 1 rings (SSSR count). The van der Waals surface area contributed by atoms with E-state index in [-0.39, 0.29) is 11.8 Å². The van der Waals surface area contributed by atoms with Crippen molar-refractivity contribution in [2.45, 2.75) is 26.9 Å². The van der Waals surface area contributed by atoms with Crippen LogP contribution in [0.25, 0.3) is 0 Å². The SMILES string of the molecule is C=C(C)COCCNc1cc(OC(C)C)cc([N+](=O)[O-])c1. The van der Waals surface area contributed by atoms with Gasteiger partial charge in [-0.1, -0.05) is 12.2 Å². The van der Waals surface area contributed by atoms with Crippen LogP contribution in [0.15, 0.2) is 30.4 Å². The Balaban J connectivity index is 2.65. The summed E-state index contributed by atoms with van der Waals surface area (Å²) in [5.74, 6) is 0.476. The Morgan fingerprint density at radius 2 is 2.14 bits per heavy atom. The van der Waals surface area contributed by atoms with Crippen molar-refractivity contribution in [1.29, 1.82) is 0 Å². The molecule has 21 heavy (non-hydrogen) atoms. The lowest BCUT2D eigenvalue weighted by Gasteiger charge is -2.12. The number of nitro groups is 1. The third-order valence-corrected chi connectivity index (χ3v) is 2.40. The second-order valence-electron chi connectivity index (χ2n) is 5.08. The molecule has 0 aliphatic carbocycles. The van der Waals surface area contributed by atoms with Crippen LogP contribution in [0, 0.1) is 10.1 Å². The van der Waals surface area contributed by atoms with Crippen LogP contribution in [0.1, 0.15) is 20.8 Å². The number of benzene rings is 1. The molecule has 1 aromatic carbocycles. The Morgan fingerprint density at radius 3 is 2.71 bits per heavy atom. The van der Waals surface area contributed by atoms with Crippen molar-refractivity contribution in [3.63, 3.8) is 0 Å². The molecule has 0 amide bonds. The summed E-state index contributed by atoms with van der Waals surface area (Å²) in [5.41, 5.74) is 1.59. The zero-order valence-corrected chi connectivity index (χ0v) is 12.7. The molecule has 0 spiro atoms. The van der Waals surface area contributed by atoms with E-state index in [9.17, 15) is 10.1 Å². The molecular formula is C15H22N2O4. The van der Waals surface area contributed by atoms with Crippen molar-refractivity contribution in [1.82, 2.24) is 0 Å². The van der Waals surface area contributed by atoms with Gasteiger partial charge in [-0.3, -0.25) is 10.1 Å². The molecule has 0 aliphatic rings. The van der Waals surface area contributed by atoms with E-state index < -0.39 is 4.92 Å². The van der Waals surface area contributed by atoms with Gasteiger partial charge in [0.1, 0.15) is 5.75 Å². The summed E-state index contributed by atoms with van der Waals surface area (Å²) in [6.45, 7) is 10.9. The smallest absolute Gasteiger partial charge is 0.275 e. The highest BCUT2D eigenvalue weighted by Gasteiger charge is 2.11. The fraction of sp³-hybridized carbons (Fsp3) is 0.467. The quantitative estimate of drug-likeness (QED) is 0.327. The molecule has 0 bridgehead atoms. The molecule has 1 aromatic rings. The number of nitrogens with zero attached hydrogens (tertiary/aromatic N) is 1. The molecule has 0 saturated carbocycles. The third-order valence-electron chi connectivity index (χ3n) is 2.40. The van der Waals surface area contributed by atoms with Gasteiger partial charge in [-0.15, -0.1) is 0 Å². The molecule has 0 atom stereocenters. The van der Waals surface area contributed by atoms with E-state index in [0.29, 0.717) is 31.2 Å². The molecule has 0 radical (unpaired) electrons. The third kappa shape index (κ3) is 6.76. The average Bonchev–Trinajstić information content (AvgIpc) is 2.36. The topological polar surface area (TPSA) is 73.6 Å². The second-order valence-corrected chi connectivity index (χ2v) is 5.08. The molecule has 6 nitrogen and oxygen atoms in total. The van der Waals surface area contributed by atoms with Gasteiger partial charge >= 0.3 is 0 Å². The van der Waals surface area contributed by atoms with E-state index in [0.717, 1.165) is 5.57 Å². The van der Waals surface area contributed by atoms with Crippen LogP contribution in [-0.2, 0) is 4.74 Å². The van der Waals surface area contributed by atoms with E-state index in [4.69, 9.17) is 9.47 Å². The Kier molecular flexibility index (Phi) is 6.68. The Bertz CT molecular complexity index is 500. The van der Waals surface area contributed by atoms with E-state index in [1.54, 1.807) is 6.07 Å². The maximum Gasteiger partial charge on any atom is 0.275 e. The highest BCUT2D eigenvalue weighted by Crippen LogP contribution is 2.26. The van der Waals surface area contributed by atoms with Gasteiger partial charge in [-0.05, 0) is 20.8 Å². The number of non-ortho nitro benzene ring substituents is 1. The summed E-state index contributed by atoms with van der Waals surface area (Å²) in [7, 11) is 0. The van der Waals surface area contributed by atoms with Crippen molar-refractivity contribution < 1.29 is 14.4 Å². The summed E-state index contributed by atoms with van der Waals surface area (Å²) >= 11 is 0. The molecule has 116 valence electrons. The molecule has 1 N–H and O–H groups in total. The second kappa shape index (κ2) is 8.26. The molecule has 0 aromatic heterocycles. The molecule has 0 heterocycles. The van der Waals surface area contributed by atoms with Gasteiger partial charge in [0.25, 0.3) is 5.69 Å². The maximum absolute atomic E-state index is 10.9. The first-order valence-corrected chi connectivity index (χ1v) is 6.80. The minimum Gasteiger partial charge on any atom is -0.491 e. The molecule has 0 unspecified atom stereocenters. The van der Waals surface area contributed by atoms with Crippen molar-refractivity contribution in [2.24, 2.45) is 0 Å². The predicted molar refractivity (Wildman–Crippen MR) is 83.0 cm³/mol. The predicted octanol–water partition coefficient (Wildman–Crippen LogP) is 3.39. The van der Waals surface area contributed by atoms with Gasteiger partial charge in [0, 0.05) is 24.4 Å². The lowest BCUT2D eigenvalue weighted by Crippen LogP contribution is -2.11. The standard InChI is InChI=1S/C15H22N2O4/c1-11(2)10-20-6-5-16-13-7-14(17(18)19)9-15(8-13)21-12(3)4/h7-9,12,16H,1,5-6,10H2,2-4H3. The van der Waals surface area contributed by atoms with Crippen LogP contribution < -0.4 is 10.1 Å². The average molecular weight is 294 g/mol. The van der Waals surface area contributed by atoms with E-state index in [2.05, 4.69) is 11.9 Å². The van der Waals surface area contributed by atoms with Gasteiger partial charge in [0.05, 0.1) is 30.3 Å². The summed E-state index contributed by atoms with van der Waals surface area (Å²) in [5, 5.41) is 14.0. The van der Waals surface area contributed by atoms with Crippen molar-refractivity contribution in [2.75, 3.05) is 25.1 Å². The molecule has 0 saturated heterocycles. The number of nitrogens with one attached hydrogen (secondary N) is 1. The first-order chi connectivity index (χ1) is 9.88. The van der Waals surface area contributed by atoms with Crippen LogP contribution in [0.5, 0.6) is 5.75 Å². The van der Waals surface area contributed by atoms with Gasteiger partial charge < -0.3 is 14.8 Å². The van der Waals surface area contributed by atoms with Crippen LogP contribution in [0.3, 0.4) is 0 Å². The summed E-state index contributed by atoms with van der Waals surface area (Å²) in [4.78, 5) is 10.5. The fourth-order valence-corrected chi connectivity index (χ4v) is 1.64. The van der Waals surface area contributed by atoms with E-state index in [1.807, 2.05) is 20.8 Å². The van der Waals surface area contributed by atoms with Crippen molar-refractivity contribution in [3.05, 3.63) is 40.5 Å². The van der Waals surface area contributed by atoms with Crippen LogP contribution in [-0.4, -0.2) is 30.8 Å². The van der Waals surface area contributed by atoms with Gasteiger partial charge in [0.15, 0.2) is 0 Å². The van der Waals surface area contributed by atoms with Gasteiger partial charge in [-0.2, -0.15) is 0 Å². The largest absolute Gasteiger partial charge is 0.491 e. The first-order valence-electron chi connectivity index (χ1n) is 6.80. The highest BCUT2D eigenvalue weighted by atomic mass is 16.6. The molecule has 6 heteroatoms. The van der Waals surface area contributed by atoms with Gasteiger partial charge in [0.2, 0.25) is 0 Å². The Morgan fingerprint density at radius 1 is 1.43 bits per heavy atom. The van der Waals surface area contributed by atoms with Crippen LogP contribution >= 0.6 is 0 Å². The van der Waals surface area contributed by atoms with Gasteiger partial charge in [-0.25, -0.2) is 0 Å². The highest BCUT2D eigenvalue weighted by molar-refractivity contribution is 5.56. The first kappa shape index (κ1) is 17.0. The normalized spacial score (nSPS) is 10.5. The number of rotatable bonds is 9. The zero-order valence-electron chi connectivity index (χ0n) is 12.7. The van der Waals surface area contributed by atoms with E-state index >= 15 is 0 Å². The van der Waals surface area contributed by atoms with Crippen molar-refractivity contribution in [3.8, 4) is 5.75 Å². The molecule has 0 fully saturated rings. The fourth-order valence-electron chi connectivity index (χ4n) is 1.64. The lowest BCUT2D eigenvalue weighted by atomic mass is 10.2. The number of hydrogen-bond donors (Lipinski definition) is 1. The Labute approximate surface area is 124 Å². The summed E-state index contributed by atoms with van der Waals surface area (Å²) in [6.07, 6.45) is -0.0428. The summed E-state index contributed by atoms with van der Waals surface area (Å²) < 4.78 is 10.9. The monoisotopic (exact) mass is 294 g/mol. The van der Waals surface area contributed by atoms with Crippen LogP contribution in [0.2, 0.25) is 0 Å². The minimum absolute atomic E-state index is 0.00138.